The molecule has 0 amide bonds. The predicted octanol–water partition coefficient (Wildman–Crippen LogP) is 4.75. The summed E-state index contributed by atoms with van der Waals surface area (Å²) in [4.78, 5) is 0. The van der Waals surface area contributed by atoms with Crippen LogP contribution in [-0.4, -0.2) is 0 Å². The Balaban J connectivity index is 2.13. The number of para-hydroxylation sites is 1. The Morgan fingerprint density at radius 2 is 2.00 bits per heavy atom. The molecule has 3 rings (SSSR count). The molecule has 0 saturated carbocycles. The van der Waals surface area contributed by atoms with Crippen molar-refractivity contribution >= 4 is 38.5 Å². The molecule has 3 heteroatoms. The Morgan fingerprint density at radius 3 is 2.88 bits per heavy atom. The lowest BCUT2D eigenvalue weighted by molar-refractivity contribution is 0.457. The number of halogens is 2. The highest BCUT2D eigenvalue weighted by molar-refractivity contribution is 14.1. The van der Waals surface area contributed by atoms with Crippen LogP contribution < -0.4 is 4.74 Å². The monoisotopic (exact) mass is 386 g/mol. The second-order valence-electron chi connectivity index (χ2n) is 3.76. The molecule has 0 radical (unpaired) electrons. The Hall–Kier alpha value is -0.550. The maximum atomic E-state index is 5.91. The van der Waals surface area contributed by atoms with Crippen LogP contribution in [0.25, 0.3) is 0 Å². The molecule has 0 saturated heterocycles. The third-order valence-electron chi connectivity index (χ3n) is 2.66. The van der Waals surface area contributed by atoms with Gasteiger partial charge in [-0.3, -0.25) is 0 Å². The molecule has 0 atom stereocenters. The van der Waals surface area contributed by atoms with Gasteiger partial charge in [0.1, 0.15) is 11.5 Å². The van der Waals surface area contributed by atoms with Gasteiger partial charge in [0.05, 0.1) is 4.47 Å². The molecule has 0 aliphatic carbocycles. The smallest absolute Gasteiger partial charge is 0.145 e. The second kappa shape index (κ2) is 4.04. The number of rotatable bonds is 0. The van der Waals surface area contributed by atoms with Crippen molar-refractivity contribution in [3.8, 4) is 11.5 Å². The number of benzene rings is 2. The van der Waals surface area contributed by atoms with E-state index in [0.717, 1.165) is 22.4 Å². The molecular weight excluding hydrogens is 379 g/mol. The van der Waals surface area contributed by atoms with E-state index in [0.29, 0.717) is 0 Å². The zero-order valence-electron chi connectivity index (χ0n) is 8.34. The largest absolute Gasteiger partial charge is 0.456 e. The van der Waals surface area contributed by atoms with Gasteiger partial charge < -0.3 is 4.74 Å². The molecule has 0 unspecified atom stereocenters. The van der Waals surface area contributed by atoms with Gasteiger partial charge >= 0.3 is 0 Å². The third-order valence-corrected chi connectivity index (χ3v) is 3.96. The molecule has 0 N–H and O–H groups in total. The van der Waals surface area contributed by atoms with E-state index in [2.05, 4.69) is 56.7 Å². The summed E-state index contributed by atoms with van der Waals surface area (Å²) in [6.45, 7) is 0. The molecule has 0 bridgehead atoms. The van der Waals surface area contributed by atoms with Crippen molar-refractivity contribution < 1.29 is 4.74 Å². The van der Waals surface area contributed by atoms with Crippen LogP contribution in [0.15, 0.2) is 40.9 Å². The molecule has 0 aromatic heterocycles. The van der Waals surface area contributed by atoms with Crippen LogP contribution in [0.2, 0.25) is 0 Å². The standard InChI is InChI=1S/C13H8BrIO/c14-11-3-1-2-8-6-9-7-10(15)4-5-12(9)16-13(8)11/h1-5,7H,6H2. The van der Waals surface area contributed by atoms with Crippen molar-refractivity contribution in [2.45, 2.75) is 6.42 Å². The molecule has 0 fully saturated rings. The molecule has 80 valence electrons. The summed E-state index contributed by atoms with van der Waals surface area (Å²) in [6, 6.07) is 12.5. The molecule has 1 aliphatic rings. The zero-order chi connectivity index (χ0) is 11.1. The fourth-order valence-electron chi connectivity index (χ4n) is 1.91. The minimum absolute atomic E-state index is 0.945. The van der Waals surface area contributed by atoms with Gasteiger partial charge in [-0.1, -0.05) is 12.1 Å². The van der Waals surface area contributed by atoms with Crippen molar-refractivity contribution in [3.05, 3.63) is 55.6 Å². The van der Waals surface area contributed by atoms with Gasteiger partial charge in [0, 0.05) is 21.1 Å². The number of ether oxygens (including phenoxy) is 1. The fourth-order valence-corrected chi connectivity index (χ4v) is 2.95. The van der Waals surface area contributed by atoms with Crippen LogP contribution in [-0.2, 0) is 6.42 Å². The Bertz CT molecular complexity index is 566. The van der Waals surface area contributed by atoms with E-state index < -0.39 is 0 Å². The molecule has 2 aromatic rings. The van der Waals surface area contributed by atoms with Gasteiger partial charge in [-0.05, 0) is 62.8 Å². The van der Waals surface area contributed by atoms with E-state index in [1.807, 2.05) is 18.2 Å². The Labute approximate surface area is 116 Å². The lowest BCUT2D eigenvalue weighted by Crippen LogP contribution is -2.03. The highest BCUT2D eigenvalue weighted by Gasteiger charge is 2.18. The number of hydrogen-bond donors (Lipinski definition) is 0. The predicted molar refractivity (Wildman–Crippen MR) is 76.2 cm³/mol. The van der Waals surface area contributed by atoms with Crippen molar-refractivity contribution in [3.63, 3.8) is 0 Å². The van der Waals surface area contributed by atoms with Gasteiger partial charge in [-0.25, -0.2) is 0 Å². The van der Waals surface area contributed by atoms with E-state index >= 15 is 0 Å². The lowest BCUT2D eigenvalue weighted by atomic mass is 10.0. The normalized spacial score (nSPS) is 12.6. The third kappa shape index (κ3) is 1.76. The van der Waals surface area contributed by atoms with Crippen LogP contribution in [0, 0.1) is 3.57 Å². The summed E-state index contributed by atoms with van der Waals surface area (Å²) in [5.74, 6) is 1.93. The van der Waals surface area contributed by atoms with Gasteiger partial charge in [-0.15, -0.1) is 0 Å². The van der Waals surface area contributed by atoms with Crippen LogP contribution in [0.4, 0.5) is 0 Å². The van der Waals surface area contributed by atoms with Gasteiger partial charge in [0.15, 0.2) is 0 Å². The summed E-state index contributed by atoms with van der Waals surface area (Å²) < 4.78 is 8.18. The summed E-state index contributed by atoms with van der Waals surface area (Å²) in [5.41, 5.74) is 2.50. The van der Waals surface area contributed by atoms with Crippen molar-refractivity contribution in [2.24, 2.45) is 0 Å². The minimum Gasteiger partial charge on any atom is -0.456 e. The van der Waals surface area contributed by atoms with Crippen molar-refractivity contribution in [1.82, 2.24) is 0 Å². The topological polar surface area (TPSA) is 9.23 Å². The van der Waals surface area contributed by atoms with Crippen LogP contribution >= 0.6 is 38.5 Å². The van der Waals surface area contributed by atoms with Crippen LogP contribution in [0.3, 0.4) is 0 Å². The first kappa shape index (κ1) is 10.6. The summed E-state index contributed by atoms with van der Waals surface area (Å²) >= 11 is 5.85. The van der Waals surface area contributed by atoms with Crippen molar-refractivity contribution in [2.75, 3.05) is 0 Å². The highest BCUT2D eigenvalue weighted by atomic mass is 127. The summed E-state index contributed by atoms with van der Waals surface area (Å²) in [5, 5.41) is 0. The van der Waals surface area contributed by atoms with Crippen LogP contribution in [0.1, 0.15) is 11.1 Å². The lowest BCUT2D eigenvalue weighted by Gasteiger charge is -2.21. The highest BCUT2D eigenvalue weighted by Crippen LogP contribution is 2.41. The van der Waals surface area contributed by atoms with E-state index in [9.17, 15) is 0 Å². The van der Waals surface area contributed by atoms with E-state index in [1.54, 1.807) is 0 Å². The number of hydrogen-bond acceptors (Lipinski definition) is 1. The zero-order valence-corrected chi connectivity index (χ0v) is 12.1. The fraction of sp³-hybridized carbons (Fsp3) is 0.0769. The molecular formula is C13H8BrIO. The van der Waals surface area contributed by atoms with E-state index in [1.165, 1.54) is 14.7 Å². The van der Waals surface area contributed by atoms with Gasteiger partial charge in [0.2, 0.25) is 0 Å². The molecule has 2 aromatic carbocycles. The quantitative estimate of drug-likeness (QED) is 0.506. The molecule has 1 nitrogen and oxygen atoms in total. The first-order chi connectivity index (χ1) is 7.74. The Morgan fingerprint density at radius 1 is 1.12 bits per heavy atom. The van der Waals surface area contributed by atoms with Gasteiger partial charge in [-0.2, -0.15) is 0 Å². The average Bonchev–Trinajstić information content (AvgIpc) is 2.27. The maximum Gasteiger partial charge on any atom is 0.145 e. The Kier molecular flexibility index (Phi) is 2.67. The average molecular weight is 387 g/mol. The summed E-state index contributed by atoms with van der Waals surface area (Å²) in [7, 11) is 0. The van der Waals surface area contributed by atoms with Gasteiger partial charge in [0.25, 0.3) is 0 Å². The number of fused-ring (bicyclic) bond motifs is 2. The first-order valence-corrected chi connectivity index (χ1v) is 6.85. The summed E-state index contributed by atoms with van der Waals surface area (Å²) in [6.07, 6.45) is 0.945. The molecule has 1 heterocycles. The molecule has 0 spiro atoms. The minimum atomic E-state index is 0.945. The molecule has 1 aliphatic heterocycles. The van der Waals surface area contributed by atoms with Crippen molar-refractivity contribution in [1.29, 1.82) is 0 Å². The maximum absolute atomic E-state index is 5.91. The van der Waals surface area contributed by atoms with E-state index in [-0.39, 0.29) is 0 Å². The van der Waals surface area contributed by atoms with E-state index in [4.69, 9.17) is 4.74 Å². The first-order valence-electron chi connectivity index (χ1n) is 4.98. The van der Waals surface area contributed by atoms with Crippen LogP contribution in [0.5, 0.6) is 11.5 Å². The molecule has 16 heavy (non-hydrogen) atoms. The SMILES string of the molecule is Brc1cccc2c1Oc1ccc(I)cc1C2. The second-order valence-corrected chi connectivity index (χ2v) is 5.86.